The van der Waals surface area contributed by atoms with Crippen LogP contribution < -0.4 is 5.32 Å². The molecule has 1 aromatic carbocycles. The van der Waals surface area contributed by atoms with Crippen LogP contribution in [0.1, 0.15) is 12.8 Å². The summed E-state index contributed by atoms with van der Waals surface area (Å²) in [5.41, 5.74) is 2.30. The lowest BCUT2D eigenvalue weighted by Gasteiger charge is -2.23. The Morgan fingerprint density at radius 1 is 1.28 bits per heavy atom. The summed E-state index contributed by atoms with van der Waals surface area (Å²) in [7, 11) is 0. The van der Waals surface area contributed by atoms with Gasteiger partial charge in [0.05, 0.1) is 11.9 Å². The molecular weight excluding hydrogens is 224 g/mol. The highest BCUT2D eigenvalue weighted by Gasteiger charge is 2.16. The highest BCUT2D eigenvalue weighted by atomic mass is 15.4. The van der Waals surface area contributed by atoms with Gasteiger partial charge in [-0.2, -0.15) is 0 Å². The van der Waals surface area contributed by atoms with Gasteiger partial charge in [0.25, 0.3) is 0 Å². The zero-order valence-electron chi connectivity index (χ0n) is 10.4. The molecule has 0 saturated carbocycles. The summed E-state index contributed by atoms with van der Waals surface area (Å²) in [6, 6.07) is 10.3. The van der Waals surface area contributed by atoms with Gasteiger partial charge in [0.15, 0.2) is 0 Å². The number of aromatic nitrogens is 3. The molecule has 4 nitrogen and oxygen atoms in total. The molecule has 1 aliphatic heterocycles. The second-order valence-corrected chi connectivity index (χ2v) is 4.88. The van der Waals surface area contributed by atoms with E-state index in [1.165, 1.54) is 18.4 Å². The summed E-state index contributed by atoms with van der Waals surface area (Å²) in [5, 5.41) is 11.7. The highest BCUT2D eigenvalue weighted by molar-refractivity contribution is 5.57. The van der Waals surface area contributed by atoms with E-state index in [-0.39, 0.29) is 0 Å². The van der Waals surface area contributed by atoms with E-state index in [1.54, 1.807) is 0 Å². The summed E-state index contributed by atoms with van der Waals surface area (Å²) in [6.45, 7) is 3.20. The Balaban J connectivity index is 1.79. The Bertz CT molecular complexity index is 486. The average Bonchev–Trinajstić information content (AvgIpc) is 2.89. The molecule has 1 aromatic heterocycles. The largest absolute Gasteiger partial charge is 0.316 e. The molecule has 1 atom stereocenters. The van der Waals surface area contributed by atoms with Crippen LogP contribution in [0.4, 0.5) is 0 Å². The molecule has 1 fully saturated rings. The lowest BCUT2D eigenvalue weighted by molar-refractivity contribution is 0.324. The summed E-state index contributed by atoms with van der Waals surface area (Å²) < 4.78 is 2.03. The number of nitrogens with one attached hydrogen (secondary N) is 1. The van der Waals surface area contributed by atoms with E-state index in [0.29, 0.717) is 5.92 Å². The molecule has 94 valence electrons. The molecule has 0 bridgehead atoms. The van der Waals surface area contributed by atoms with Gasteiger partial charge in [-0.1, -0.05) is 35.5 Å². The van der Waals surface area contributed by atoms with Gasteiger partial charge in [-0.3, -0.25) is 0 Å². The van der Waals surface area contributed by atoms with Crippen molar-refractivity contribution in [2.75, 3.05) is 13.1 Å². The Kier molecular flexibility index (Phi) is 3.37. The second kappa shape index (κ2) is 5.31. The van der Waals surface area contributed by atoms with Crippen LogP contribution in [0.25, 0.3) is 11.3 Å². The van der Waals surface area contributed by atoms with Crippen LogP contribution in [0.3, 0.4) is 0 Å². The predicted molar refractivity (Wildman–Crippen MR) is 71.1 cm³/mol. The molecule has 0 spiro atoms. The van der Waals surface area contributed by atoms with Crippen molar-refractivity contribution in [3.63, 3.8) is 0 Å². The molecule has 0 aliphatic carbocycles. The van der Waals surface area contributed by atoms with Crippen molar-refractivity contribution in [2.45, 2.75) is 19.4 Å². The third-order valence-corrected chi connectivity index (χ3v) is 3.52. The maximum absolute atomic E-state index is 4.23. The van der Waals surface area contributed by atoms with Crippen LogP contribution in [0, 0.1) is 5.92 Å². The van der Waals surface area contributed by atoms with E-state index in [4.69, 9.17) is 0 Å². The Morgan fingerprint density at radius 3 is 2.94 bits per heavy atom. The minimum absolute atomic E-state index is 0.669. The monoisotopic (exact) mass is 242 g/mol. The lowest BCUT2D eigenvalue weighted by atomic mass is 9.99. The number of rotatable bonds is 3. The minimum atomic E-state index is 0.669. The first-order valence-electron chi connectivity index (χ1n) is 6.58. The predicted octanol–water partition coefficient (Wildman–Crippen LogP) is 1.94. The van der Waals surface area contributed by atoms with Crippen LogP contribution >= 0.6 is 0 Å². The van der Waals surface area contributed by atoms with Crippen molar-refractivity contribution >= 4 is 0 Å². The third-order valence-electron chi connectivity index (χ3n) is 3.52. The Morgan fingerprint density at radius 2 is 2.17 bits per heavy atom. The summed E-state index contributed by atoms with van der Waals surface area (Å²) in [6.07, 6.45) is 4.40. The molecule has 1 unspecified atom stereocenters. The van der Waals surface area contributed by atoms with Gasteiger partial charge in [-0.25, -0.2) is 4.68 Å². The van der Waals surface area contributed by atoms with Crippen molar-refractivity contribution in [2.24, 2.45) is 5.92 Å². The molecule has 0 radical (unpaired) electrons. The Labute approximate surface area is 107 Å². The molecule has 1 saturated heterocycles. The van der Waals surface area contributed by atoms with Crippen LogP contribution in [-0.2, 0) is 6.54 Å². The molecule has 2 heterocycles. The number of nitrogens with zero attached hydrogens (tertiary/aromatic N) is 3. The molecular formula is C14H18N4. The molecule has 3 rings (SSSR count). The normalized spacial score (nSPS) is 19.9. The van der Waals surface area contributed by atoms with Crippen LogP contribution in [-0.4, -0.2) is 28.1 Å². The molecule has 1 N–H and O–H groups in total. The Hall–Kier alpha value is -1.68. The zero-order chi connectivity index (χ0) is 12.2. The van der Waals surface area contributed by atoms with E-state index in [1.807, 2.05) is 16.9 Å². The van der Waals surface area contributed by atoms with Gasteiger partial charge in [0.1, 0.15) is 0 Å². The highest BCUT2D eigenvalue weighted by Crippen LogP contribution is 2.20. The zero-order valence-corrected chi connectivity index (χ0v) is 10.4. The fourth-order valence-corrected chi connectivity index (χ4v) is 2.55. The van der Waals surface area contributed by atoms with Crippen molar-refractivity contribution in [3.8, 4) is 11.3 Å². The molecule has 0 amide bonds. The van der Waals surface area contributed by atoms with Crippen molar-refractivity contribution < 1.29 is 0 Å². The second-order valence-electron chi connectivity index (χ2n) is 4.88. The SMILES string of the molecule is c1ccc(-c2cnnn2CC2CCCNC2)cc1. The first-order chi connectivity index (χ1) is 8.93. The average molecular weight is 242 g/mol. The van der Waals surface area contributed by atoms with Gasteiger partial charge in [-0.15, -0.1) is 5.10 Å². The van der Waals surface area contributed by atoms with Crippen molar-refractivity contribution in [1.82, 2.24) is 20.3 Å². The fraction of sp³-hybridized carbons (Fsp3) is 0.429. The van der Waals surface area contributed by atoms with E-state index in [2.05, 4.69) is 39.9 Å². The summed E-state index contributed by atoms with van der Waals surface area (Å²) in [4.78, 5) is 0. The molecule has 1 aliphatic rings. The number of hydrogen-bond acceptors (Lipinski definition) is 3. The molecule has 4 heteroatoms. The maximum atomic E-state index is 4.23. The van der Waals surface area contributed by atoms with Gasteiger partial charge < -0.3 is 5.32 Å². The third kappa shape index (κ3) is 2.43. The number of piperidine rings is 1. The standard InChI is InChI=1S/C14H18N4/c1-2-6-13(7-3-1)14-10-16-17-18(14)11-12-5-4-8-15-9-12/h1-3,6-7,10,12,15H,4-5,8-9,11H2. The van der Waals surface area contributed by atoms with Gasteiger partial charge >= 0.3 is 0 Å². The smallest absolute Gasteiger partial charge is 0.0885 e. The summed E-state index contributed by atoms with van der Waals surface area (Å²) >= 11 is 0. The minimum Gasteiger partial charge on any atom is -0.316 e. The van der Waals surface area contributed by atoms with Crippen LogP contribution in [0.15, 0.2) is 36.5 Å². The van der Waals surface area contributed by atoms with Crippen molar-refractivity contribution in [3.05, 3.63) is 36.5 Å². The van der Waals surface area contributed by atoms with E-state index in [9.17, 15) is 0 Å². The van der Waals surface area contributed by atoms with E-state index >= 15 is 0 Å². The topological polar surface area (TPSA) is 42.7 Å². The number of benzene rings is 1. The van der Waals surface area contributed by atoms with E-state index < -0.39 is 0 Å². The number of hydrogen-bond donors (Lipinski definition) is 1. The summed E-state index contributed by atoms with van der Waals surface area (Å²) in [5.74, 6) is 0.669. The fourth-order valence-electron chi connectivity index (χ4n) is 2.55. The first-order valence-corrected chi connectivity index (χ1v) is 6.58. The molecule has 2 aromatic rings. The molecule has 18 heavy (non-hydrogen) atoms. The van der Waals surface area contributed by atoms with Crippen LogP contribution in [0.5, 0.6) is 0 Å². The van der Waals surface area contributed by atoms with Gasteiger partial charge in [-0.05, 0) is 31.8 Å². The first kappa shape index (κ1) is 11.4. The quantitative estimate of drug-likeness (QED) is 0.894. The van der Waals surface area contributed by atoms with Crippen LogP contribution in [0.2, 0.25) is 0 Å². The van der Waals surface area contributed by atoms with Gasteiger partial charge in [0.2, 0.25) is 0 Å². The lowest BCUT2D eigenvalue weighted by Crippen LogP contribution is -2.32. The van der Waals surface area contributed by atoms with Crippen molar-refractivity contribution in [1.29, 1.82) is 0 Å². The van der Waals surface area contributed by atoms with E-state index in [0.717, 1.165) is 25.3 Å². The van der Waals surface area contributed by atoms with Gasteiger partial charge in [0, 0.05) is 12.1 Å². The maximum Gasteiger partial charge on any atom is 0.0885 e.